The van der Waals surface area contributed by atoms with Crippen LogP contribution in [0.15, 0.2) is 77.3 Å². The third-order valence-corrected chi connectivity index (χ3v) is 7.92. The molecule has 3 aromatic rings. The maximum absolute atomic E-state index is 14.0. The molecule has 35 heavy (non-hydrogen) atoms. The van der Waals surface area contributed by atoms with Crippen molar-refractivity contribution in [1.29, 1.82) is 0 Å². The highest BCUT2D eigenvalue weighted by atomic mass is 79.9. The zero-order valence-electron chi connectivity index (χ0n) is 18.7. The molecule has 0 unspecified atom stereocenters. The fourth-order valence-electron chi connectivity index (χ4n) is 5.58. The summed E-state index contributed by atoms with van der Waals surface area (Å²) in [5.74, 6) is -2.24. The van der Waals surface area contributed by atoms with Crippen LogP contribution in [-0.2, 0) is 9.59 Å². The Morgan fingerprint density at radius 3 is 2.31 bits per heavy atom. The number of Topliss-reactive ketones (excluding diaryl/α,β-unsaturated/α-hetero) is 1. The first-order chi connectivity index (χ1) is 16.8. The van der Waals surface area contributed by atoms with Gasteiger partial charge in [0, 0.05) is 20.7 Å². The molecule has 6 rings (SSSR count). The van der Waals surface area contributed by atoms with Crippen molar-refractivity contribution in [3.05, 3.63) is 99.0 Å². The second kappa shape index (κ2) is 8.18. The van der Waals surface area contributed by atoms with E-state index in [9.17, 15) is 14.4 Å². The highest BCUT2D eigenvalue weighted by Gasteiger charge is 2.64. The smallest absolute Gasteiger partial charge is 0.240 e. The molecule has 0 saturated carbocycles. The SMILES string of the molecule is Cc1ccc(N2C(=O)[C@@H]3[C@H](C2=O)[C@@H](C(=O)c2ccc(Br)cc2)N2c4ccc(Cl)cc4C=C[C@@H]32)cc1. The first-order valence-corrected chi connectivity index (χ1v) is 12.5. The Bertz CT molecular complexity index is 1420. The number of carbonyl (C=O) groups is 3. The molecule has 2 fully saturated rings. The molecule has 2 saturated heterocycles. The highest BCUT2D eigenvalue weighted by Crippen LogP contribution is 2.50. The summed E-state index contributed by atoms with van der Waals surface area (Å²) < 4.78 is 0.856. The van der Waals surface area contributed by atoms with Crippen LogP contribution in [0.5, 0.6) is 0 Å². The van der Waals surface area contributed by atoms with Gasteiger partial charge >= 0.3 is 0 Å². The van der Waals surface area contributed by atoms with Gasteiger partial charge < -0.3 is 4.90 Å². The van der Waals surface area contributed by atoms with Gasteiger partial charge in [-0.2, -0.15) is 0 Å². The van der Waals surface area contributed by atoms with Gasteiger partial charge in [-0.15, -0.1) is 0 Å². The number of nitrogens with zero attached hydrogens (tertiary/aromatic N) is 2. The van der Waals surface area contributed by atoms with Crippen molar-refractivity contribution < 1.29 is 14.4 Å². The van der Waals surface area contributed by atoms with E-state index in [0.717, 1.165) is 21.3 Å². The number of ketones is 1. The van der Waals surface area contributed by atoms with Crippen LogP contribution in [0, 0.1) is 18.8 Å². The number of hydrogen-bond acceptors (Lipinski definition) is 4. The summed E-state index contributed by atoms with van der Waals surface area (Å²) in [6.07, 6.45) is 3.85. The van der Waals surface area contributed by atoms with Crippen LogP contribution in [0.2, 0.25) is 5.02 Å². The lowest BCUT2D eigenvalue weighted by molar-refractivity contribution is -0.122. The zero-order valence-corrected chi connectivity index (χ0v) is 21.0. The average Bonchev–Trinajstić information content (AvgIpc) is 3.32. The lowest BCUT2D eigenvalue weighted by atomic mass is 9.86. The molecular weight excluding hydrogens is 528 g/mol. The number of benzene rings is 3. The minimum Gasteiger partial charge on any atom is -0.352 e. The van der Waals surface area contributed by atoms with Gasteiger partial charge in [0.25, 0.3) is 0 Å². The van der Waals surface area contributed by atoms with Crippen molar-refractivity contribution in [3.8, 4) is 0 Å². The molecule has 0 aliphatic carbocycles. The van der Waals surface area contributed by atoms with Crippen molar-refractivity contribution in [1.82, 2.24) is 0 Å². The summed E-state index contributed by atoms with van der Waals surface area (Å²) in [7, 11) is 0. The molecule has 7 heteroatoms. The number of anilines is 2. The molecule has 3 heterocycles. The Morgan fingerprint density at radius 2 is 1.60 bits per heavy atom. The van der Waals surface area contributed by atoms with Crippen LogP contribution >= 0.6 is 27.5 Å². The lowest BCUT2D eigenvalue weighted by Gasteiger charge is -2.36. The van der Waals surface area contributed by atoms with Gasteiger partial charge in [-0.25, -0.2) is 4.90 Å². The maximum Gasteiger partial charge on any atom is 0.240 e. The molecule has 4 atom stereocenters. The summed E-state index contributed by atoms with van der Waals surface area (Å²) >= 11 is 9.64. The molecular formula is C28H20BrClN2O3. The van der Waals surface area contributed by atoms with Crippen molar-refractivity contribution in [2.75, 3.05) is 9.80 Å². The van der Waals surface area contributed by atoms with E-state index >= 15 is 0 Å². The van der Waals surface area contributed by atoms with E-state index < -0.39 is 23.9 Å². The van der Waals surface area contributed by atoms with Crippen molar-refractivity contribution in [2.24, 2.45) is 11.8 Å². The van der Waals surface area contributed by atoms with Gasteiger partial charge in [-0.1, -0.05) is 69.5 Å². The van der Waals surface area contributed by atoms with Crippen molar-refractivity contribution >= 4 is 62.6 Å². The normalized spacial score (nSPS) is 24.4. The minimum absolute atomic E-state index is 0.182. The van der Waals surface area contributed by atoms with Gasteiger partial charge in [-0.3, -0.25) is 14.4 Å². The number of imide groups is 1. The summed E-state index contributed by atoms with van der Waals surface area (Å²) in [6, 6.07) is 18.7. The number of halogens is 2. The quantitative estimate of drug-likeness (QED) is 0.313. The first kappa shape index (κ1) is 22.3. The lowest BCUT2D eigenvalue weighted by Crippen LogP contribution is -2.48. The molecule has 0 aromatic heterocycles. The largest absolute Gasteiger partial charge is 0.352 e. The number of aryl methyl sites for hydroxylation is 1. The fourth-order valence-corrected chi connectivity index (χ4v) is 6.02. The maximum atomic E-state index is 14.0. The predicted octanol–water partition coefficient (Wildman–Crippen LogP) is 5.68. The molecule has 0 radical (unpaired) electrons. The van der Waals surface area contributed by atoms with E-state index in [4.69, 9.17) is 11.6 Å². The van der Waals surface area contributed by atoms with Crippen molar-refractivity contribution in [2.45, 2.75) is 19.0 Å². The van der Waals surface area contributed by atoms with Crippen LogP contribution in [0.25, 0.3) is 6.08 Å². The molecule has 0 bridgehead atoms. The summed E-state index contributed by atoms with van der Waals surface area (Å²) in [4.78, 5) is 44.8. The Kier molecular flexibility index (Phi) is 5.20. The fraction of sp³-hybridized carbons (Fsp3) is 0.179. The number of amides is 2. The first-order valence-electron chi connectivity index (χ1n) is 11.4. The molecule has 3 aliphatic rings. The van der Waals surface area contributed by atoms with E-state index in [0.29, 0.717) is 16.3 Å². The Morgan fingerprint density at radius 1 is 0.914 bits per heavy atom. The second-order valence-corrected chi connectivity index (χ2v) is 10.5. The topological polar surface area (TPSA) is 57.7 Å². The van der Waals surface area contributed by atoms with Gasteiger partial charge in [0.15, 0.2) is 5.78 Å². The molecule has 3 aliphatic heterocycles. The Labute approximate surface area is 216 Å². The van der Waals surface area contributed by atoms with Crippen LogP contribution < -0.4 is 9.80 Å². The van der Waals surface area contributed by atoms with E-state index in [1.165, 1.54) is 4.90 Å². The standard InChI is InChI=1S/C28H20BrClN2O3/c1-15-2-10-20(11-3-15)31-27(34)23-22-12-6-17-14-19(30)9-13-21(17)32(22)25(24(23)28(31)35)26(33)16-4-7-18(29)8-5-16/h2-14,22-25H,1H3/t22-,23-,24-,25-/m0/s1. The summed E-state index contributed by atoms with van der Waals surface area (Å²) in [6.45, 7) is 1.95. The molecule has 0 spiro atoms. The van der Waals surface area contributed by atoms with E-state index in [1.54, 1.807) is 42.5 Å². The summed E-state index contributed by atoms with van der Waals surface area (Å²) in [5.41, 5.74) is 3.73. The molecule has 5 nitrogen and oxygen atoms in total. The number of carbonyl (C=O) groups excluding carboxylic acids is 3. The Hall–Kier alpha value is -3.22. The number of fused-ring (bicyclic) bond motifs is 5. The van der Waals surface area contributed by atoms with Crippen LogP contribution in [0.1, 0.15) is 21.5 Å². The number of hydrogen-bond donors (Lipinski definition) is 0. The van der Waals surface area contributed by atoms with E-state index in [1.807, 2.05) is 48.2 Å². The van der Waals surface area contributed by atoms with Gasteiger partial charge in [0.2, 0.25) is 11.8 Å². The minimum atomic E-state index is -0.817. The molecule has 3 aromatic carbocycles. The van der Waals surface area contributed by atoms with E-state index in [2.05, 4.69) is 15.9 Å². The third kappa shape index (κ3) is 3.39. The van der Waals surface area contributed by atoms with Crippen LogP contribution in [0.3, 0.4) is 0 Å². The van der Waals surface area contributed by atoms with E-state index in [-0.39, 0.29) is 17.6 Å². The van der Waals surface area contributed by atoms with Crippen LogP contribution in [-0.4, -0.2) is 29.7 Å². The molecule has 2 amide bonds. The average molecular weight is 548 g/mol. The zero-order chi connectivity index (χ0) is 24.4. The highest BCUT2D eigenvalue weighted by molar-refractivity contribution is 9.10. The van der Waals surface area contributed by atoms with Gasteiger partial charge in [0.1, 0.15) is 6.04 Å². The Balaban J connectivity index is 1.49. The van der Waals surface area contributed by atoms with Gasteiger partial charge in [-0.05, 0) is 55.0 Å². The van der Waals surface area contributed by atoms with Gasteiger partial charge in [0.05, 0.1) is 23.6 Å². The predicted molar refractivity (Wildman–Crippen MR) is 140 cm³/mol. The molecule has 0 N–H and O–H groups in total. The summed E-state index contributed by atoms with van der Waals surface area (Å²) in [5, 5.41) is 0.583. The molecule has 174 valence electrons. The third-order valence-electron chi connectivity index (χ3n) is 7.16. The van der Waals surface area contributed by atoms with Crippen LogP contribution in [0.4, 0.5) is 11.4 Å². The monoisotopic (exact) mass is 546 g/mol. The van der Waals surface area contributed by atoms with Crippen molar-refractivity contribution in [3.63, 3.8) is 0 Å². The second-order valence-electron chi connectivity index (χ2n) is 9.18. The number of rotatable bonds is 3.